The number of hydrogen-bond donors (Lipinski definition) is 7. The monoisotopic (exact) mass is 483 g/mol. The summed E-state index contributed by atoms with van der Waals surface area (Å²) in [5.74, 6) is -4.91. The maximum Gasteiger partial charge on any atom is 0.317 e. The van der Waals surface area contributed by atoms with Gasteiger partial charge in [-0.05, 0) is 20.8 Å². The predicted octanol–water partition coefficient (Wildman–Crippen LogP) is -2.64. The summed E-state index contributed by atoms with van der Waals surface area (Å²) in [7, 11) is 0. The Hall–Kier alpha value is -2.36. The Kier molecular flexibility index (Phi) is 18.0. The SMILES string of the molecule is CC(O)CN(CC(C)O)CC(C)O.O=C(O)CN(CCN(CC(=O)O)CC(=O)O)CC(=O)O. The molecular formula is C19H37N3O11. The molecule has 3 atom stereocenters. The zero-order valence-electron chi connectivity index (χ0n) is 19.2. The Balaban J connectivity index is 0. The highest BCUT2D eigenvalue weighted by molar-refractivity contribution is 5.73. The van der Waals surface area contributed by atoms with Crippen LogP contribution in [0.1, 0.15) is 20.8 Å². The van der Waals surface area contributed by atoms with Crippen LogP contribution in [0.2, 0.25) is 0 Å². The first-order valence-corrected chi connectivity index (χ1v) is 10.2. The minimum Gasteiger partial charge on any atom is -0.480 e. The smallest absolute Gasteiger partial charge is 0.317 e. The van der Waals surface area contributed by atoms with E-state index in [-0.39, 0.29) is 13.1 Å². The summed E-state index contributed by atoms with van der Waals surface area (Å²) in [5.41, 5.74) is 0. The van der Waals surface area contributed by atoms with E-state index in [1.807, 2.05) is 4.90 Å². The van der Waals surface area contributed by atoms with Crippen LogP contribution in [0, 0.1) is 0 Å². The van der Waals surface area contributed by atoms with Gasteiger partial charge in [-0.1, -0.05) is 0 Å². The van der Waals surface area contributed by atoms with Crippen LogP contribution in [0.4, 0.5) is 0 Å². The van der Waals surface area contributed by atoms with Gasteiger partial charge < -0.3 is 35.7 Å². The van der Waals surface area contributed by atoms with E-state index < -0.39 is 68.4 Å². The highest BCUT2D eigenvalue weighted by atomic mass is 16.4. The lowest BCUT2D eigenvalue weighted by Gasteiger charge is -2.25. The number of aliphatic hydroxyl groups excluding tert-OH is 3. The fourth-order valence-corrected chi connectivity index (χ4v) is 2.82. The van der Waals surface area contributed by atoms with E-state index in [0.29, 0.717) is 19.6 Å². The second-order valence-corrected chi connectivity index (χ2v) is 7.76. The highest BCUT2D eigenvalue weighted by Crippen LogP contribution is 1.98. The largest absolute Gasteiger partial charge is 0.480 e. The summed E-state index contributed by atoms with van der Waals surface area (Å²) in [6, 6.07) is 0. The van der Waals surface area contributed by atoms with Gasteiger partial charge in [-0.15, -0.1) is 0 Å². The number of rotatable bonds is 17. The van der Waals surface area contributed by atoms with E-state index in [2.05, 4.69) is 0 Å². The molecule has 14 nitrogen and oxygen atoms in total. The molecule has 0 bridgehead atoms. The van der Waals surface area contributed by atoms with Crippen molar-refractivity contribution in [1.82, 2.24) is 14.7 Å². The van der Waals surface area contributed by atoms with Crippen LogP contribution in [0.5, 0.6) is 0 Å². The van der Waals surface area contributed by atoms with E-state index in [1.165, 1.54) is 0 Å². The number of nitrogens with zero attached hydrogens (tertiary/aromatic N) is 3. The minimum atomic E-state index is -1.23. The zero-order chi connectivity index (χ0) is 26.1. The molecule has 0 spiro atoms. The van der Waals surface area contributed by atoms with E-state index in [0.717, 1.165) is 9.80 Å². The lowest BCUT2D eigenvalue weighted by atomic mass is 10.2. The van der Waals surface area contributed by atoms with Gasteiger partial charge in [0.15, 0.2) is 0 Å². The molecule has 0 radical (unpaired) electrons. The zero-order valence-corrected chi connectivity index (χ0v) is 19.2. The molecule has 3 unspecified atom stereocenters. The number of hydrogen-bond acceptors (Lipinski definition) is 10. The van der Waals surface area contributed by atoms with Crippen molar-refractivity contribution in [1.29, 1.82) is 0 Å². The fourth-order valence-electron chi connectivity index (χ4n) is 2.82. The van der Waals surface area contributed by atoms with Gasteiger partial charge in [0.2, 0.25) is 0 Å². The lowest BCUT2D eigenvalue weighted by molar-refractivity contribution is -0.145. The summed E-state index contributed by atoms with van der Waals surface area (Å²) < 4.78 is 0. The molecule has 0 aromatic rings. The molecule has 0 aliphatic heterocycles. The minimum absolute atomic E-state index is 0.0703. The summed E-state index contributed by atoms with van der Waals surface area (Å²) in [5, 5.41) is 61.9. The quantitative estimate of drug-likeness (QED) is 0.112. The molecular weight excluding hydrogens is 446 g/mol. The van der Waals surface area contributed by atoms with Crippen molar-refractivity contribution in [2.24, 2.45) is 0 Å². The van der Waals surface area contributed by atoms with Crippen molar-refractivity contribution in [3.05, 3.63) is 0 Å². The molecule has 0 heterocycles. The number of carboxylic acids is 4. The first-order chi connectivity index (χ1) is 15.1. The van der Waals surface area contributed by atoms with Gasteiger partial charge in [0.1, 0.15) is 0 Å². The maximum atomic E-state index is 10.6. The first kappa shape index (κ1) is 32.8. The predicted molar refractivity (Wildman–Crippen MR) is 115 cm³/mol. The third-order valence-corrected chi connectivity index (χ3v) is 3.74. The maximum absolute atomic E-state index is 10.6. The second-order valence-electron chi connectivity index (χ2n) is 7.76. The fraction of sp³-hybridized carbons (Fsp3) is 0.789. The van der Waals surface area contributed by atoms with Crippen LogP contribution in [0.25, 0.3) is 0 Å². The molecule has 0 aromatic carbocycles. The van der Waals surface area contributed by atoms with Crippen LogP contribution in [-0.2, 0) is 19.2 Å². The normalized spacial score (nSPS) is 13.8. The van der Waals surface area contributed by atoms with Crippen molar-refractivity contribution < 1.29 is 54.9 Å². The average molecular weight is 484 g/mol. The van der Waals surface area contributed by atoms with Crippen LogP contribution >= 0.6 is 0 Å². The Labute approximate surface area is 192 Å². The molecule has 0 amide bonds. The van der Waals surface area contributed by atoms with Crippen molar-refractivity contribution in [3.63, 3.8) is 0 Å². The van der Waals surface area contributed by atoms with Crippen molar-refractivity contribution >= 4 is 23.9 Å². The molecule has 0 fully saturated rings. The number of carbonyl (C=O) groups is 4. The van der Waals surface area contributed by atoms with E-state index >= 15 is 0 Å². The Bertz CT molecular complexity index is 508. The Morgan fingerprint density at radius 3 is 0.879 bits per heavy atom. The van der Waals surface area contributed by atoms with Gasteiger partial charge in [0.25, 0.3) is 0 Å². The van der Waals surface area contributed by atoms with E-state index in [1.54, 1.807) is 20.8 Å². The van der Waals surface area contributed by atoms with Crippen LogP contribution in [0.15, 0.2) is 0 Å². The summed E-state index contributed by atoms with van der Waals surface area (Å²) >= 11 is 0. The number of carboxylic acid groups (broad SMARTS) is 4. The van der Waals surface area contributed by atoms with E-state index in [4.69, 9.17) is 35.7 Å². The first-order valence-electron chi connectivity index (χ1n) is 10.2. The third kappa shape index (κ3) is 24.1. The summed E-state index contributed by atoms with van der Waals surface area (Å²) in [6.45, 7) is 4.27. The van der Waals surface area contributed by atoms with Gasteiger partial charge >= 0.3 is 23.9 Å². The van der Waals surface area contributed by atoms with Gasteiger partial charge in [-0.2, -0.15) is 0 Å². The topological polar surface area (TPSA) is 220 Å². The lowest BCUT2D eigenvalue weighted by Crippen LogP contribution is -2.43. The number of aliphatic carboxylic acids is 4. The molecule has 0 rings (SSSR count). The molecule has 0 aliphatic rings. The molecule has 194 valence electrons. The van der Waals surface area contributed by atoms with Gasteiger partial charge in [0.05, 0.1) is 44.5 Å². The van der Waals surface area contributed by atoms with E-state index in [9.17, 15) is 19.2 Å². The third-order valence-electron chi connectivity index (χ3n) is 3.74. The Morgan fingerprint density at radius 2 is 0.727 bits per heavy atom. The van der Waals surface area contributed by atoms with Crippen molar-refractivity contribution in [3.8, 4) is 0 Å². The van der Waals surface area contributed by atoms with Crippen LogP contribution < -0.4 is 0 Å². The van der Waals surface area contributed by atoms with Crippen molar-refractivity contribution in [2.75, 3.05) is 58.9 Å². The van der Waals surface area contributed by atoms with Gasteiger partial charge in [-0.25, -0.2) is 0 Å². The molecule has 0 saturated carbocycles. The average Bonchev–Trinajstić information content (AvgIpc) is 2.56. The molecule has 0 aromatic heterocycles. The molecule has 14 heteroatoms. The summed E-state index contributed by atoms with van der Waals surface area (Å²) in [4.78, 5) is 46.2. The molecule has 7 N–H and O–H groups in total. The van der Waals surface area contributed by atoms with Gasteiger partial charge in [0, 0.05) is 32.7 Å². The molecule has 33 heavy (non-hydrogen) atoms. The highest BCUT2D eigenvalue weighted by Gasteiger charge is 2.18. The molecule has 0 aliphatic carbocycles. The summed E-state index contributed by atoms with van der Waals surface area (Å²) in [6.07, 6.45) is -1.30. The molecule has 0 saturated heterocycles. The van der Waals surface area contributed by atoms with Crippen LogP contribution in [0.3, 0.4) is 0 Å². The number of aliphatic hydroxyl groups is 3. The van der Waals surface area contributed by atoms with Crippen molar-refractivity contribution in [2.45, 2.75) is 39.1 Å². The van der Waals surface area contributed by atoms with Crippen LogP contribution in [-0.4, -0.2) is 152 Å². The van der Waals surface area contributed by atoms with Gasteiger partial charge in [-0.3, -0.25) is 33.9 Å². The Morgan fingerprint density at radius 1 is 0.515 bits per heavy atom. The standard InChI is InChI=1S/C10H16N2O8.C9H21NO3/c13-7(14)3-11(4-8(15)16)1-2-12(5-9(17)18)6-10(19)20;1-7(11)4-10(5-8(2)12)6-9(3)13/h1-6H2,(H,13,14)(H,15,16)(H,17,18)(H,19,20);7-9,11-13H,4-6H2,1-3H3. The second kappa shape index (κ2) is 18.1.